The van der Waals surface area contributed by atoms with Crippen LogP contribution in [0.15, 0.2) is 0 Å². The molecule has 3 nitrogen and oxygen atoms in total. The third kappa shape index (κ3) is 3.74. The van der Waals surface area contributed by atoms with Crippen molar-refractivity contribution in [1.29, 1.82) is 0 Å². The predicted octanol–water partition coefficient (Wildman–Crippen LogP) is 1.62. The summed E-state index contributed by atoms with van der Waals surface area (Å²) in [5.74, 6) is 0. The summed E-state index contributed by atoms with van der Waals surface area (Å²) in [5, 5.41) is 0. The average molecular weight is 214 g/mol. The number of rotatable bonds is 5. The molecule has 1 rings (SSSR count). The van der Waals surface area contributed by atoms with Crippen LogP contribution in [0, 0.1) is 0 Å². The largest absolute Gasteiger partial charge is 0.375 e. The molecular formula is C12H26N2O. The molecule has 15 heavy (non-hydrogen) atoms. The molecular weight excluding hydrogens is 188 g/mol. The highest BCUT2D eigenvalue weighted by Crippen LogP contribution is 2.29. The average Bonchev–Trinajstić information content (AvgIpc) is 2.42. The number of likely N-dealkylation sites (tertiary alicyclic amines) is 1. The first-order valence-electron chi connectivity index (χ1n) is 6.32. The molecule has 90 valence electrons. The van der Waals surface area contributed by atoms with Crippen LogP contribution in [0.5, 0.6) is 0 Å². The highest BCUT2D eigenvalue weighted by atomic mass is 16.5. The monoisotopic (exact) mass is 214 g/mol. The Labute approximate surface area is 94.0 Å². The Morgan fingerprint density at radius 1 is 1.27 bits per heavy atom. The Morgan fingerprint density at radius 3 is 2.67 bits per heavy atom. The van der Waals surface area contributed by atoms with Gasteiger partial charge in [-0.1, -0.05) is 6.92 Å². The van der Waals surface area contributed by atoms with E-state index in [1.807, 2.05) is 0 Å². The molecule has 1 heterocycles. The second-order valence-corrected chi connectivity index (χ2v) is 4.44. The summed E-state index contributed by atoms with van der Waals surface area (Å²) in [6, 6.07) is 0. The summed E-state index contributed by atoms with van der Waals surface area (Å²) in [5.41, 5.74) is 5.78. The lowest BCUT2D eigenvalue weighted by Gasteiger charge is -2.32. The fourth-order valence-corrected chi connectivity index (χ4v) is 2.58. The first-order chi connectivity index (χ1) is 7.26. The molecule has 0 aromatic rings. The number of nitrogens with zero attached hydrogens (tertiary/aromatic N) is 1. The van der Waals surface area contributed by atoms with E-state index in [1.54, 1.807) is 0 Å². The fraction of sp³-hybridized carbons (Fsp3) is 1.00. The Kier molecular flexibility index (Phi) is 5.58. The van der Waals surface area contributed by atoms with Gasteiger partial charge in [-0.05, 0) is 52.2 Å². The van der Waals surface area contributed by atoms with Gasteiger partial charge in [0.1, 0.15) is 0 Å². The van der Waals surface area contributed by atoms with Gasteiger partial charge in [0, 0.05) is 13.2 Å². The molecule has 0 bridgehead atoms. The van der Waals surface area contributed by atoms with Crippen molar-refractivity contribution in [2.45, 2.75) is 45.1 Å². The van der Waals surface area contributed by atoms with Crippen molar-refractivity contribution in [3.63, 3.8) is 0 Å². The van der Waals surface area contributed by atoms with E-state index in [2.05, 4.69) is 18.7 Å². The fourth-order valence-electron chi connectivity index (χ4n) is 2.58. The Hall–Kier alpha value is -0.120. The van der Waals surface area contributed by atoms with E-state index in [9.17, 15) is 0 Å². The van der Waals surface area contributed by atoms with E-state index in [4.69, 9.17) is 10.5 Å². The third-order valence-corrected chi connectivity index (χ3v) is 3.49. The predicted molar refractivity (Wildman–Crippen MR) is 64.0 cm³/mol. The van der Waals surface area contributed by atoms with Crippen LogP contribution in [-0.2, 0) is 4.74 Å². The van der Waals surface area contributed by atoms with Crippen LogP contribution in [0.25, 0.3) is 0 Å². The van der Waals surface area contributed by atoms with Gasteiger partial charge in [-0.15, -0.1) is 0 Å². The van der Waals surface area contributed by atoms with Gasteiger partial charge in [-0.3, -0.25) is 0 Å². The SMILES string of the molecule is CCOC1(CCN)CCCN(CC)CC1. The van der Waals surface area contributed by atoms with Crippen LogP contribution in [0.4, 0.5) is 0 Å². The second-order valence-electron chi connectivity index (χ2n) is 4.44. The summed E-state index contributed by atoms with van der Waals surface area (Å²) in [7, 11) is 0. The molecule has 0 spiro atoms. The molecule has 0 aliphatic carbocycles. The summed E-state index contributed by atoms with van der Waals surface area (Å²) in [4.78, 5) is 2.51. The smallest absolute Gasteiger partial charge is 0.0707 e. The van der Waals surface area contributed by atoms with Gasteiger partial charge in [-0.2, -0.15) is 0 Å². The van der Waals surface area contributed by atoms with Crippen LogP contribution < -0.4 is 5.73 Å². The van der Waals surface area contributed by atoms with Crippen molar-refractivity contribution in [3.8, 4) is 0 Å². The molecule has 0 aromatic carbocycles. The first-order valence-corrected chi connectivity index (χ1v) is 6.32. The standard InChI is InChI=1S/C12H26N2O/c1-3-14-10-5-6-12(7-9-13,8-11-14)15-4-2/h3-11,13H2,1-2H3. The van der Waals surface area contributed by atoms with Gasteiger partial charge >= 0.3 is 0 Å². The molecule has 3 heteroatoms. The van der Waals surface area contributed by atoms with Crippen molar-refractivity contribution in [2.75, 3.05) is 32.8 Å². The number of hydrogen-bond donors (Lipinski definition) is 1. The normalized spacial score (nSPS) is 29.0. The van der Waals surface area contributed by atoms with Crippen LogP contribution in [0.3, 0.4) is 0 Å². The van der Waals surface area contributed by atoms with Gasteiger partial charge in [0.2, 0.25) is 0 Å². The van der Waals surface area contributed by atoms with E-state index in [-0.39, 0.29) is 5.60 Å². The number of hydrogen-bond acceptors (Lipinski definition) is 3. The highest BCUT2D eigenvalue weighted by molar-refractivity contribution is 4.85. The molecule has 0 aromatic heterocycles. The zero-order chi connectivity index (χ0) is 11.1. The second kappa shape index (κ2) is 6.46. The summed E-state index contributed by atoms with van der Waals surface area (Å²) in [6.45, 7) is 9.41. The third-order valence-electron chi connectivity index (χ3n) is 3.49. The minimum atomic E-state index is 0.0768. The maximum atomic E-state index is 5.98. The molecule has 1 aliphatic heterocycles. The molecule has 0 amide bonds. The maximum Gasteiger partial charge on any atom is 0.0707 e. The van der Waals surface area contributed by atoms with Crippen LogP contribution in [-0.4, -0.2) is 43.3 Å². The molecule has 0 saturated carbocycles. The molecule has 2 N–H and O–H groups in total. The van der Waals surface area contributed by atoms with Crippen molar-refractivity contribution in [3.05, 3.63) is 0 Å². The molecule has 1 fully saturated rings. The van der Waals surface area contributed by atoms with E-state index in [1.165, 1.54) is 19.4 Å². The molecule has 1 atom stereocenters. The minimum absolute atomic E-state index is 0.0768. The summed E-state index contributed by atoms with van der Waals surface area (Å²) < 4.78 is 5.98. The molecule has 1 aliphatic rings. The van der Waals surface area contributed by atoms with Crippen molar-refractivity contribution in [1.82, 2.24) is 4.90 Å². The van der Waals surface area contributed by atoms with Crippen molar-refractivity contribution >= 4 is 0 Å². The van der Waals surface area contributed by atoms with E-state index in [0.717, 1.165) is 39.1 Å². The highest BCUT2D eigenvalue weighted by Gasteiger charge is 2.31. The topological polar surface area (TPSA) is 38.5 Å². The van der Waals surface area contributed by atoms with Crippen LogP contribution >= 0.6 is 0 Å². The Morgan fingerprint density at radius 2 is 2.07 bits per heavy atom. The maximum absolute atomic E-state index is 5.98. The van der Waals surface area contributed by atoms with Gasteiger partial charge in [0.15, 0.2) is 0 Å². The zero-order valence-corrected chi connectivity index (χ0v) is 10.3. The summed E-state index contributed by atoms with van der Waals surface area (Å²) in [6.07, 6.45) is 4.58. The van der Waals surface area contributed by atoms with Gasteiger partial charge in [-0.25, -0.2) is 0 Å². The molecule has 1 saturated heterocycles. The van der Waals surface area contributed by atoms with Crippen LogP contribution in [0.1, 0.15) is 39.5 Å². The lowest BCUT2D eigenvalue weighted by atomic mass is 9.91. The van der Waals surface area contributed by atoms with E-state index in [0.29, 0.717) is 0 Å². The van der Waals surface area contributed by atoms with Crippen LogP contribution in [0.2, 0.25) is 0 Å². The minimum Gasteiger partial charge on any atom is -0.375 e. The van der Waals surface area contributed by atoms with Gasteiger partial charge < -0.3 is 15.4 Å². The lowest BCUT2D eigenvalue weighted by Crippen LogP contribution is -2.36. The lowest BCUT2D eigenvalue weighted by molar-refractivity contribution is -0.0536. The number of nitrogens with two attached hydrogens (primary N) is 1. The molecule has 1 unspecified atom stereocenters. The Balaban J connectivity index is 2.55. The van der Waals surface area contributed by atoms with Crippen molar-refractivity contribution in [2.24, 2.45) is 5.73 Å². The zero-order valence-electron chi connectivity index (χ0n) is 10.3. The Bertz CT molecular complexity index is 167. The van der Waals surface area contributed by atoms with Gasteiger partial charge in [0.25, 0.3) is 0 Å². The summed E-state index contributed by atoms with van der Waals surface area (Å²) >= 11 is 0. The number of ether oxygens (including phenoxy) is 1. The van der Waals surface area contributed by atoms with Crippen molar-refractivity contribution < 1.29 is 4.74 Å². The quantitative estimate of drug-likeness (QED) is 0.756. The van der Waals surface area contributed by atoms with E-state index >= 15 is 0 Å². The first kappa shape index (κ1) is 12.9. The van der Waals surface area contributed by atoms with Gasteiger partial charge in [0.05, 0.1) is 5.60 Å². The molecule has 0 radical (unpaired) electrons. The van der Waals surface area contributed by atoms with E-state index < -0.39 is 0 Å².